The van der Waals surface area contributed by atoms with E-state index in [1.54, 1.807) is 17.7 Å². The third-order valence-electron chi connectivity index (χ3n) is 5.92. The van der Waals surface area contributed by atoms with Gasteiger partial charge in [0.15, 0.2) is 0 Å². The van der Waals surface area contributed by atoms with Crippen molar-refractivity contribution in [1.82, 2.24) is 20.2 Å². The summed E-state index contributed by atoms with van der Waals surface area (Å²) in [4.78, 5) is 27.4. The maximum absolute atomic E-state index is 13.1. The molecule has 0 aromatic carbocycles. The third kappa shape index (κ3) is 4.09. The number of rotatable bonds is 5. The number of carbonyl (C=O) groups is 1. The highest BCUT2D eigenvalue weighted by atomic mass is 32.1. The summed E-state index contributed by atoms with van der Waals surface area (Å²) >= 11 is 1.64. The summed E-state index contributed by atoms with van der Waals surface area (Å²) in [5.74, 6) is 2.14. The summed E-state index contributed by atoms with van der Waals surface area (Å²) in [5.41, 5.74) is 0. The minimum Gasteiger partial charge on any atom is -0.355 e. The zero-order valence-corrected chi connectivity index (χ0v) is 16.9. The van der Waals surface area contributed by atoms with E-state index in [-0.39, 0.29) is 5.92 Å². The molecule has 0 radical (unpaired) electrons. The second-order valence-corrected chi connectivity index (χ2v) is 8.59. The number of nitrogens with one attached hydrogen (secondary N) is 1. The smallest absolute Gasteiger partial charge is 0.227 e. The quantitative estimate of drug-likeness (QED) is 0.855. The average Bonchev–Trinajstić information content (AvgIpc) is 3.21. The molecule has 2 saturated heterocycles. The molecule has 1 atom stereocenters. The first kappa shape index (κ1) is 18.6. The number of aromatic nitrogens is 2. The van der Waals surface area contributed by atoms with Crippen LogP contribution in [0, 0.1) is 11.8 Å². The Balaban J connectivity index is 1.38. The molecule has 7 heteroatoms. The Hall–Kier alpha value is -1.73. The highest BCUT2D eigenvalue weighted by molar-refractivity contribution is 7.16. The van der Waals surface area contributed by atoms with E-state index in [0.29, 0.717) is 11.8 Å². The van der Waals surface area contributed by atoms with Crippen molar-refractivity contribution in [3.05, 3.63) is 17.8 Å². The molecule has 1 amide bonds. The van der Waals surface area contributed by atoms with Crippen LogP contribution < -0.4 is 10.2 Å². The maximum atomic E-state index is 13.1. The van der Waals surface area contributed by atoms with E-state index in [0.717, 1.165) is 81.0 Å². The number of hydrogen-bond donors (Lipinski definition) is 1. The fourth-order valence-corrected chi connectivity index (χ4v) is 5.09. The Labute approximate surface area is 165 Å². The van der Waals surface area contributed by atoms with E-state index in [4.69, 9.17) is 0 Å². The highest BCUT2D eigenvalue weighted by Crippen LogP contribution is 2.31. The molecule has 0 saturated carbocycles. The topological polar surface area (TPSA) is 61.4 Å². The van der Waals surface area contributed by atoms with Crippen molar-refractivity contribution in [2.45, 2.75) is 32.6 Å². The van der Waals surface area contributed by atoms with E-state index in [9.17, 15) is 4.79 Å². The lowest BCUT2D eigenvalue weighted by Crippen LogP contribution is -2.48. The molecule has 0 aliphatic carbocycles. The van der Waals surface area contributed by atoms with Crippen molar-refractivity contribution in [2.75, 3.05) is 44.2 Å². The predicted octanol–water partition coefficient (Wildman–Crippen LogP) is 2.76. The molecule has 2 fully saturated rings. The molecule has 146 valence electrons. The van der Waals surface area contributed by atoms with Crippen molar-refractivity contribution in [3.63, 3.8) is 0 Å². The number of amides is 1. The van der Waals surface area contributed by atoms with Gasteiger partial charge in [-0.05, 0) is 56.1 Å². The van der Waals surface area contributed by atoms with Crippen molar-refractivity contribution < 1.29 is 4.79 Å². The minimum atomic E-state index is 0.0905. The fourth-order valence-electron chi connectivity index (χ4n) is 4.36. The summed E-state index contributed by atoms with van der Waals surface area (Å²) in [5, 5.41) is 6.61. The zero-order valence-electron chi connectivity index (χ0n) is 16.1. The lowest BCUT2D eigenvalue weighted by molar-refractivity contribution is -0.137. The number of likely N-dealkylation sites (tertiary alicyclic amines) is 1. The van der Waals surface area contributed by atoms with Crippen molar-refractivity contribution in [1.29, 1.82) is 0 Å². The van der Waals surface area contributed by atoms with Crippen LogP contribution >= 0.6 is 11.3 Å². The van der Waals surface area contributed by atoms with Gasteiger partial charge in [-0.25, -0.2) is 9.97 Å². The number of fused-ring (bicyclic) bond motifs is 1. The molecule has 0 bridgehead atoms. The van der Waals surface area contributed by atoms with Crippen LogP contribution in [0.4, 0.5) is 5.82 Å². The monoisotopic (exact) mass is 387 g/mol. The summed E-state index contributed by atoms with van der Waals surface area (Å²) < 4.78 is 0. The first-order valence-electron chi connectivity index (χ1n) is 10.2. The lowest BCUT2D eigenvalue weighted by atomic mass is 9.92. The number of thiophene rings is 1. The number of carbonyl (C=O) groups excluding carboxylic acids is 1. The standard InChI is InChI=1S/C20H29N5OS/c1-2-21-12-15-5-9-24(10-6-15)20(26)16-4-3-8-25(13-16)18-17-7-11-27-19(17)23-14-22-18/h7,11,14-16,21H,2-6,8-10,12-13H2,1H3. The Morgan fingerprint density at radius 2 is 2.11 bits per heavy atom. The van der Waals surface area contributed by atoms with Crippen molar-refractivity contribution in [2.24, 2.45) is 11.8 Å². The number of hydrogen-bond acceptors (Lipinski definition) is 6. The molecule has 6 nitrogen and oxygen atoms in total. The van der Waals surface area contributed by atoms with Crippen molar-refractivity contribution in [3.8, 4) is 0 Å². The van der Waals surface area contributed by atoms with Gasteiger partial charge in [-0.3, -0.25) is 4.79 Å². The number of nitrogens with zero attached hydrogens (tertiary/aromatic N) is 4. The summed E-state index contributed by atoms with van der Waals surface area (Å²) in [6.07, 6.45) is 5.93. The molecule has 1 N–H and O–H groups in total. The minimum absolute atomic E-state index is 0.0905. The Kier molecular flexibility index (Phi) is 5.88. The van der Waals surface area contributed by atoms with Crippen molar-refractivity contribution >= 4 is 33.3 Å². The molecule has 2 aliphatic heterocycles. The van der Waals surface area contributed by atoms with Gasteiger partial charge in [0.25, 0.3) is 0 Å². The third-order valence-corrected chi connectivity index (χ3v) is 6.74. The molecular weight excluding hydrogens is 358 g/mol. The molecule has 2 aliphatic rings. The van der Waals surface area contributed by atoms with E-state index in [2.05, 4.69) is 43.5 Å². The van der Waals surface area contributed by atoms with Crippen LogP contribution in [0.3, 0.4) is 0 Å². The molecule has 1 unspecified atom stereocenters. The van der Waals surface area contributed by atoms with Crippen LogP contribution in [-0.4, -0.2) is 60.0 Å². The Morgan fingerprint density at radius 3 is 2.93 bits per heavy atom. The molecular formula is C20H29N5OS. The average molecular weight is 388 g/mol. The van der Waals surface area contributed by atoms with Gasteiger partial charge in [-0.2, -0.15) is 0 Å². The van der Waals surface area contributed by atoms with E-state index in [1.807, 2.05) is 0 Å². The second-order valence-electron chi connectivity index (χ2n) is 7.70. The number of anilines is 1. The Bertz CT molecular complexity index is 771. The fraction of sp³-hybridized carbons (Fsp3) is 0.650. The van der Waals surface area contributed by atoms with Gasteiger partial charge in [0.05, 0.1) is 11.3 Å². The van der Waals surface area contributed by atoms with Crippen LogP contribution in [0.25, 0.3) is 10.2 Å². The summed E-state index contributed by atoms with van der Waals surface area (Å²) in [6.45, 7) is 7.82. The zero-order chi connectivity index (χ0) is 18.6. The van der Waals surface area contributed by atoms with Crippen LogP contribution in [0.15, 0.2) is 17.8 Å². The SMILES string of the molecule is CCNCC1CCN(C(=O)C2CCCN(c3ncnc4sccc34)C2)CC1. The van der Waals surface area contributed by atoms with Crippen LogP contribution in [-0.2, 0) is 4.79 Å². The molecule has 2 aromatic heterocycles. The van der Waals surface area contributed by atoms with Gasteiger partial charge in [0.1, 0.15) is 17.0 Å². The van der Waals surface area contributed by atoms with Crippen LogP contribution in [0.1, 0.15) is 32.6 Å². The van der Waals surface area contributed by atoms with Crippen LogP contribution in [0.2, 0.25) is 0 Å². The van der Waals surface area contributed by atoms with Gasteiger partial charge in [-0.1, -0.05) is 6.92 Å². The van der Waals surface area contributed by atoms with Gasteiger partial charge in [-0.15, -0.1) is 11.3 Å². The van der Waals surface area contributed by atoms with Gasteiger partial charge >= 0.3 is 0 Å². The normalized spacial score (nSPS) is 21.7. The van der Waals surface area contributed by atoms with Gasteiger partial charge in [0.2, 0.25) is 5.91 Å². The first-order chi connectivity index (χ1) is 13.3. The Morgan fingerprint density at radius 1 is 1.26 bits per heavy atom. The highest BCUT2D eigenvalue weighted by Gasteiger charge is 2.32. The molecule has 0 spiro atoms. The second kappa shape index (κ2) is 8.52. The number of piperidine rings is 2. The van der Waals surface area contributed by atoms with Gasteiger partial charge in [0, 0.05) is 26.2 Å². The molecule has 4 rings (SSSR count). The first-order valence-corrected chi connectivity index (χ1v) is 11.1. The summed E-state index contributed by atoms with van der Waals surface area (Å²) in [7, 11) is 0. The lowest BCUT2D eigenvalue weighted by Gasteiger charge is -2.38. The van der Waals surface area contributed by atoms with E-state index >= 15 is 0 Å². The van der Waals surface area contributed by atoms with Gasteiger partial charge < -0.3 is 15.1 Å². The van der Waals surface area contributed by atoms with E-state index < -0.39 is 0 Å². The largest absolute Gasteiger partial charge is 0.355 e. The molecule has 4 heterocycles. The maximum Gasteiger partial charge on any atom is 0.227 e. The predicted molar refractivity (Wildman–Crippen MR) is 110 cm³/mol. The van der Waals surface area contributed by atoms with E-state index in [1.165, 1.54) is 0 Å². The summed E-state index contributed by atoms with van der Waals surface area (Å²) in [6, 6.07) is 2.09. The molecule has 27 heavy (non-hydrogen) atoms. The van der Waals surface area contributed by atoms with Crippen LogP contribution in [0.5, 0.6) is 0 Å². The molecule has 2 aromatic rings.